The maximum atomic E-state index is 6.33. The lowest BCUT2D eigenvalue weighted by Crippen LogP contribution is -1.93. The number of nitrogens with zero attached hydrogens (tertiary/aromatic N) is 2. The summed E-state index contributed by atoms with van der Waals surface area (Å²) in [6.45, 7) is 0. The van der Waals surface area contributed by atoms with Crippen molar-refractivity contribution in [2.24, 2.45) is 0 Å². The van der Waals surface area contributed by atoms with Crippen molar-refractivity contribution in [1.82, 2.24) is 9.97 Å². The Morgan fingerprint density at radius 2 is 1.81 bits per heavy atom. The third kappa shape index (κ3) is 2.34. The quantitative estimate of drug-likeness (QED) is 0.558. The molecule has 21 heavy (non-hydrogen) atoms. The van der Waals surface area contributed by atoms with Crippen molar-refractivity contribution in [2.45, 2.75) is 19.3 Å². The predicted octanol–water partition coefficient (Wildman–Crippen LogP) is 5.20. The fraction of sp³-hybridized carbons (Fsp3) is 0.176. The van der Waals surface area contributed by atoms with E-state index < -0.39 is 0 Å². The molecule has 0 bridgehead atoms. The van der Waals surface area contributed by atoms with Crippen molar-refractivity contribution in [1.29, 1.82) is 0 Å². The van der Waals surface area contributed by atoms with Gasteiger partial charge in [-0.1, -0.05) is 39.7 Å². The summed E-state index contributed by atoms with van der Waals surface area (Å²) in [6.07, 6.45) is 3.58. The van der Waals surface area contributed by atoms with Gasteiger partial charge in [-0.05, 0) is 54.7 Å². The summed E-state index contributed by atoms with van der Waals surface area (Å²) in [5, 5.41) is 1.37. The third-order valence-electron chi connectivity index (χ3n) is 3.97. The van der Waals surface area contributed by atoms with Gasteiger partial charge in [-0.2, -0.15) is 0 Å². The molecule has 0 aliphatic heterocycles. The van der Waals surface area contributed by atoms with Crippen LogP contribution in [0.5, 0.6) is 0 Å². The van der Waals surface area contributed by atoms with Crippen LogP contribution in [0.4, 0.5) is 0 Å². The zero-order chi connectivity index (χ0) is 14.4. The van der Waals surface area contributed by atoms with E-state index in [1.165, 1.54) is 24.0 Å². The molecule has 0 amide bonds. The lowest BCUT2D eigenvalue weighted by atomic mass is 10.1. The van der Waals surface area contributed by atoms with Crippen molar-refractivity contribution in [3.05, 3.63) is 57.2 Å². The highest BCUT2D eigenvalue weighted by Gasteiger charge is 2.14. The minimum atomic E-state index is 0.497. The van der Waals surface area contributed by atoms with Gasteiger partial charge in [0, 0.05) is 15.4 Å². The Bertz CT molecular complexity index is 861. The highest BCUT2D eigenvalue weighted by Crippen LogP contribution is 2.30. The molecule has 0 fully saturated rings. The summed E-state index contributed by atoms with van der Waals surface area (Å²) in [4.78, 5) is 9.13. The SMILES string of the molecule is Clc1nc(-c2ccc3c(c2)CCC3)nc2ccc(Br)cc12. The van der Waals surface area contributed by atoms with Gasteiger partial charge in [0.25, 0.3) is 0 Å². The number of hydrogen-bond acceptors (Lipinski definition) is 2. The zero-order valence-corrected chi connectivity index (χ0v) is 13.6. The van der Waals surface area contributed by atoms with Crippen LogP contribution in [0.3, 0.4) is 0 Å². The normalized spacial score (nSPS) is 13.6. The summed E-state index contributed by atoms with van der Waals surface area (Å²) in [7, 11) is 0. The van der Waals surface area contributed by atoms with Crippen LogP contribution >= 0.6 is 27.5 Å². The van der Waals surface area contributed by atoms with Crippen LogP contribution in [-0.4, -0.2) is 9.97 Å². The van der Waals surface area contributed by atoms with E-state index >= 15 is 0 Å². The maximum absolute atomic E-state index is 6.33. The van der Waals surface area contributed by atoms with E-state index in [1.54, 1.807) is 0 Å². The Labute approximate surface area is 136 Å². The highest BCUT2D eigenvalue weighted by molar-refractivity contribution is 9.10. The van der Waals surface area contributed by atoms with Crippen LogP contribution in [-0.2, 0) is 12.8 Å². The molecule has 0 atom stereocenters. The van der Waals surface area contributed by atoms with E-state index in [9.17, 15) is 0 Å². The number of aryl methyl sites for hydroxylation is 2. The van der Waals surface area contributed by atoms with Crippen molar-refractivity contribution in [3.63, 3.8) is 0 Å². The van der Waals surface area contributed by atoms with Crippen molar-refractivity contribution >= 4 is 38.4 Å². The van der Waals surface area contributed by atoms with E-state index in [1.807, 2.05) is 18.2 Å². The van der Waals surface area contributed by atoms with E-state index in [-0.39, 0.29) is 0 Å². The monoisotopic (exact) mass is 358 g/mol. The Kier molecular flexibility index (Phi) is 3.20. The van der Waals surface area contributed by atoms with Crippen molar-refractivity contribution in [3.8, 4) is 11.4 Å². The largest absolute Gasteiger partial charge is 0.228 e. The van der Waals surface area contributed by atoms with Crippen LogP contribution in [0, 0.1) is 0 Å². The van der Waals surface area contributed by atoms with Gasteiger partial charge in [0.15, 0.2) is 5.82 Å². The predicted molar refractivity (Wildman–Crippen MR) is 89.7 cm³/mol. The number of rotatable bonds is 1. The highest BCUT2D eigenvalue weighted by atomic mass is 79.9. The van der Waals surface area contributed by atoms with Crippen LogP contribution in [0.15, 0.2) is 40.9 Å². The van der Waals surface area contributed by atoms with Crippen LogP contribution in [0.25, 0.3) is 22.3 Å². The van der Waals surface area contributed by atoms with E-state index in [0.717, 1.165) is 27.4 Å². The topological polar surface area (TPSA) is 25.8 Å². The lowest BCUT2D eigenvalue weighted by molar-refractivity contribution is 0.912. The van der Waals surface area contributed by atoms with Crippen molar-refractivity contribution in [2.75, 3.05) is 0 Å². The standard InChI is InChI=1S/C17H12BrClN2/c18-13-6-7-15-14(9-13)16(19)21-17(20-15)12-5-4-10-2-1-3-11(10)8-12/h4-9H,1-3H2. The molecule has 104 valence electrons. The first-order valence-corrected chi connectivity index (χ1v) is 8.13. The Morgan fingerprint density at radius 1 is 0.952 bits per heavy atom. The van der Waals surface area contributed by atoms with Gasteiger partial charge < -0.3 is 0 Å². The molecule has 0 saturated heterocycles. The second kappa shape index (κ2) is 5.08. The molecule has 0 unspecified atom stereocenters. The lowest BCUT2D eigenvalue weighted by Gasteiger charge is -2.07. The molecule has 0 N–H and O–H groups in total. The molecule has 2 nitrogen and oxygen atoms in total. The third-order valence-corrected chi connectivity index (χ3v) is 4.75. The minimum Gasteiger partial charge on any atom is -0.228 e. The van der Waals surface area contributed by atoms with Crippen LogP contribution in [0.2, 0.25) is 5.15 Å². The Balaban J connectivity index is 1.89. The average molecular weight is 360 g/mol. The molecule has 2 aromatic carbocycles. The molecule has 0 spiro atoms. The smallest absolute Gasteiger partial charge is 0.161 e. The number of aromatic nitrogens is 2. The fourth-order valence-electron chi connectivity index (χ4n) is 2.90. The van der Waals surface area contributed by atoms with Gasteiger partial charge >= 0.3 is 0 Å². The van der Waals surface area contributed by atoms with Crippen LogP contribution in [0.1, 0.15) is 17.5 Å². The fourth-order valence-corrected chi connectivity index (χ4v) is 3.50. The molecule has 3 aromatic rings. The van der Waals surface area contributed by atoms with Gasteiger partial charge in [-0.25, -0.2) is 9.97 Å². The summed E-state index contributed by atoms with van der Waals surface area (Å²) >= 11 is 9.78. The zero-order valence-electron chi connectivity index (χ0n) is 11.2. The van der Waals surface area contributed by atoms with E-state index in [4.69, 9.17) is 11.6 Å². The van der Waals surface area contributed by atoms with Gasteiger partial charge in [0.2, 0.25) is 0 Å². The molecule has 0 radical (unpaired) electrons. The first-order chi connectivity index (χ1) is 10.2. The number of halogens is 2. The second-order valence-electron chi connectivity index (χ2n) is 5.34. The van der Waals surface area contributed by atoms with E-state index in [0.29, 0.717) is 11.0 Å². The summed E-state index contributed by atoms with van der Waals surface area (Å²) in [5.41, 5.74) is 4.79. The molecular formula is C17H12BrClN2. The average Bonchev–Trinajstić information content (AvgIpc) is 2.95. The Morgan fingerprint density at radius 3 is 2.71 bits per heavy atom. The molecule has 1 aliphatic carbocycles. The maximum Gasteiger partial charge on any atom is 0.161 e. The molecule has 1 heterocycles. The number of fused-ring (bicyclic) bond motifs is 2. The van der Waals surface area contributed by atoms with Gasteiger partial charge in [0.05, 0.1) is 5.52 Å². The molecular weight excluding hydrogens is 348 g/mol. The second-order valence-corrected chi connectivity index (χ2v) is 6.61. The molecule has 4 rings (SSSR count). The van der Waals surface area contributed by atoms with Gasteiger partial charge in [0.1, 0.15) is 5.15 Å². The first kappa shape index (κ1) is 13.2. The first-order valence-electron chi connectivity index (χ1n) is 6.96. The van der Waals surface area contributed by atoms with Crippen LogP contribution < -0.4 is 0 Å². The summed E-state index contributed by atoms with van der Waals surface area (Å²) in [6, 6.07) is 12.4. The summed E-state index contributed by atoms with van der Waals surface area (Å²) in [5.74, 6) is 0.699. The Hall–Kier alpha value is -1.45. The molecule has 1 aliphatic rings. The molecule has 1 aromatic heterocycles. The van der Waals surface area contributed by atoms with Gasteiger partial charge in [-0.3, -0.25) is 0 Å². The van der Waals surface area contributed by atoms with Crippen molar-refractivity contribution < 1.29 is 0 Å². The number of hydrogen-bond donors (Lipinski definition) is 0. The minimum absolute atomic E-state index is 0.497. The van der Waals surface area contributed by atoms with Gasteiger partial charge in [-0.15, -0.1) is 0 Å². The summed E-state index contributed by atoms with van der Waals surface area (Å²) < 4.78 is 0.978. The van der Waals surface area contributed by atoms with E-state index in [2.05, 4.69) is 44.1 Å². The molecule has 4 heteroatoms. The molecule has 0 saturated carbocycles. The number of benzene rings is 2.